The van der Waals surface area contributed by atoms with E-state index in [0.29, 0.717) is 13.1 Å². The lowest BCUT2D eigenvalue weighted by Gasteiger charge is -2.27. The Hall–Kier alpha value is -2.18. The molecule has 0 radical (unpaired) electrons. The Bertz CT molecular complexity index is 729. The van der Waals surface area contributed by atoms with Crippen molar-refractivity contribution in [2.24, 2.45) is 5.73 Å². The SMILES string of the molecule is NC(CNC(=O)CCC(=O)N1CCc2sccc2C1)c1ccccc1. The first kappa shape index (κ1) is 17.6. The van der Waals surface area contributed by atoms with E-state index in [1.807, 2.05) is 35.2 Å². The molecule has 0 bridgehead atoms. The third-order valence-corrected chi connectivity index (χ3v) is 5.50. The first-order chi connectivity index (χ1) is 12.1. The Kier molecular flexibility index (Phi) is 5.83. The minimum Gasteiger partial charge on any atom is -0.354 e. The molecule has 3 N–H and O–H groups in total. The van der Waals surface area contributed by atoms with Gasteiger partial charge in [0.25, 0.3) is 0 Å². The number of fused-ring (bicyclic) bond motifs is 1. The molecule has 25 heavy (non-hydrogen) atoms. The van der Waals surface area contributed by atoms with Gasteiger partial charge in [0, 0.05) is 43.4 Å². The van der Waals surface area contributed by atoms with E-state index in [9.17, 15) is 9.59 Å². The van der Waals surface area contributed by atoms with E-state index in [-0.39, 0.29) is 30.7 Å². The van der Waals surface area contributed by atoms with Crippen molar-refractivity contribution >= 4 is 23.2 Å². The summed E-state index contributed by atoms with van der Waals surface area (Å²) < 4.78 is 0. The molecule has 0 spiro atoms. The van der Waals surface area contributed by atoms with E-state index < -0.39 is 0 Å². The summed E-state index contributed by atoms with van der Waals surface area (Å²) in [7, 11) is 0. The number of nitrogens with one attached hydrogen (secondary N) is 1. The third kappa shape index (κ3) is 4.67. The van der Waals surface area contributed by atoms with Crippen LogP contribution in [0.2, 0.25) is 0 Å². The molecule has 6 heteroatoms. The molecule has 5 nitrogen and oxygen atoms in total. The Labute approximate surface area is 151 Å². The Morgan fingerprint density at radius 2 is 2.00 bits per heavy atom. The van der Waals surface area contributed by atoms with Crippen LogP contribution in [0, 0.1) is 0 Å². The van der Waals surface area contributed by atoms with Gasteiger partial charge in [-0.25, -0.2) is 0 Å². The van der Waals surface area contributed by atoms with Crippen LogP contribution in [0.4, 0.5) is 0 Å². The molecule has 2 amide bonds. The number of nitrogens with zero attached hydrogens (tertiary/aromatic N) is 1. The molecule has 2 aromatic rings. The Morgan fingerprint density at radius 3 is 2.80 bits per heavy atom. The van der Waals surface area contributed by atoms with Gasteiger partial charge < -0.3 is 16.0 Å². The van der Waals surface area contributed by atoms with Crippen LogP contribution in [0.1, 0.15) is 34.9 Å². The van der Waals surface area contributed by atoms with Crippen LogP contribution in [-0.2, 0) is 22.6 Å². The monoisotopic (exact) mass is 357 g/mol. The standard InChI is InChI=1S/C19H23N3O2S/c20-16(14-4-2-1-3-5-14)12-21-18(23)6-7-19(24)22-10-8-17-15(13-22)9-11-25-17/h1-5,9,11,16H,6-8,10,12-13,20H2,(H,21,23). The molecule has 1 aliphatic rings. The van der Waals surface area contributed by atoms with Crippen molar-refractivity contribution in [3.05, 3.63) is 57.8 Å². The first-order valence-electron chi connectivity index (χ1n) is 8.53. The summed E-state index contributed by atoms with van der Waals surface area (Å²) in [6, 6.07) is 11.5. The molecule has 1 aromatic heterocycles. The van der Waals surface area contributed by atoms with Crippen molar-refractivity contribution in [2.75, 3.05) is 13.1 Å². The first-order valence-corrected chi connectivity index (χ1v) is 9.41. The van der Waals surface area contributed by atoms with Crippen LogP contribution < -0.4 is 11.1 Å². The molecule has 0 saturated heterocycles. The topological polar surface area (TPSA) is 75.4 Å². The highest BCUT2D eigenvalue weighted by Crippen LogP contribution is 2.24. The number of nitrogens with two attached hydrogens (primary N) is 1. The summed E-state index contributed by atoms with van der Waals surface area (Å²) >= 11 is 1.75. The summed E-state index contributed by atoms with van der Waals surface area (Å²) in [6.07, 6.45) is 1.36. The summed E-state index contributed by atoms with van der Waals surface area (Å²) in [5.74, 6) is -0.0904. The maximum atomic E-state index is 12.3. The molecular weight excluding hydrogens is 334 g/mol. The number of benzene rings is 1. The average molecular weight is 357 g/mol. The van der Waals surface area contributed by atoms with Crippen molar-refractivity contribution in [2.45, 2.75) is 31.8 Å². The summed E-state index contributed by atoms with van der Waals surface area (Å²) in [5.41, 5.74) is 8.29. The van der Waals surface area contributed by atoms with Gasteiger partial charge >= 0.3 is 0 Å². The second-order valence-electron chi connectivity index (χ2n) is 6.26. The van der Waals surface area contributed by atoms with Gasteiger partial charge in [-0.15, -0.1) is 11.3 Å². The van der Waals surface area contributed by atoms with Gasteiger partial charge in [0.15, 0.2) is 0 Å². The number of hydrogen-bond acceptors (Lipinski definition) is 4. The number of carbonyl (C=O) groups is 2. The summed E-state index contributed by atoms with van der Waals surface area (Å²) in [6.45, 7) is 1.78. The molecule has 1 aliphatic heterocycles. The van der Waals surface area contributed by atoms with Crippen molar-refractivity contribution in [1.82, 2.24) is 10.2 Å². The fraction of sp³-hybridized carbons (Fsp3) is 0.368. The minimum atomic E-state index is -0.236. The van der Waals surface area contributed by atoms with E-state index in [2.05, 4.69) is 16.8 Å². The van der Waals surface area contributed by atoms with Crippen molar-refractivity contribution in [1.29, 1.82) is 0 Å². The molecule has 0 saturated carbocycles. The summed E-state index contributed by atoms with van der Waals surface area (Å²) in [4.78, 5) is 27.5. The maximum absolute atomic E-state index is 12.3. The van der Waals surface area contributed by atoms with Crippen LogP contribution >= 0.6 is 11.3 Å². The van der Waals surface area contributed by atoms with Gasteiger partial charge in [-0.2, -0.15) is 0 Å². The number of thiophene rings is 1. The minimum absolute atomic E-state index is 0.0411. The molecule has 0 aliphatic carbocycles. The smallest absolute Gasteiger partial charge is 0.223 e. The van der Waals surface area contributed by atoms with E-state index in [4.69, 9.17) is 5.73 Å². The highest BCUT2D eigenvalue weighted by atomic mass is 32.1. The van der Waals surface area contributed by atoms with Crippen molar-refractivity contribution in [3.8, 4) is 0 Å². The van der Waals surface area contributed by atoms with Gasteiger partial charge in [-0.1, -0.05) is 30.3 Å². The van der Waals surface area contributed by atoms with Crippen LogP contribution in [0.5, 0.6) is 0 Å². The average Bonchev–Trinajstić information content (AvgIpc) is 3.12. The summed E-state index contributed by atoms with van der Waals surface area (Å²) in [5, 5.41) is 4.89. The van der Waals surface area contributed by atoms with E-state index in [0.717, 1.165) is 18.5 Å². The number of carbonyl (C=O) groups excluding carboxylic acids is 2. The van der Waals surface area contributed by atoms with Crippen LogP contribution in [-0.4, -0.2) is 29.8 Å². The van der Waals surface area contributed by atoms with Gasteiger partial charge in [0.2, 0.25) is 11.8 Å². The third-order valence-electron chi connectivity index (χ3n) is 4.47. The molecule has 1 atom stereocenters. The number of rotatable bonds is 6. The second kappa shape index (κ2) is 8.27. The van der Waals surface area contributed by atoms with Crippen molar-refractivity contribution in [3.63, 3.8) is 0 Å². The molecule has 132 valence electrons. The predicted octanol–water partition coefficient (Wildman–Crippen LogP) is 2.23. The quantitative estimate of drug-likeness (QED) is 0.832. The van der Waals surface area contributed by atoms with E-state index in [1.54, 1.807) is 11.3 Å². The fourth-order valence-corrected chi connectivity index (χ4v) is 3.86. The molecular formula is C19H23N3O2S. The van der Waals surface area contributed by atoms with Gasteiger partial charge in [0.05, 0.1) is 0 Å². The van der Waals surface area contributed by atoms with Gasteiger partial charge in [0.1, 0.15) is 0 Å². The zero-order valence-electron chi connectivity index (χ0n) is 14.1. The molecule has 1 unspecified atom stereocenters. The van der Waals surface area contributed by atoms with Crippen molar-refractivity contribution < 1.29 is 9.59 Å². The highest BCUT2D eigenvalue weighted by Gasteiger charge is 2.21. The van der Waals surface area contributed by atoms with Crippen LogP contribution in [0.15, 0.2) is 41.8 Å². The van der Waals surface area contributed by atoms with Crippen LogP contribution in [0.3, 0.4) is 0 Å². The normalized spacial score (nSPS) is 14.7. The lowest BCUT2D eigenvalue weighted by Crippen LogP contribution is -2.37. The number of hydrogen-bond donors (Lipinski definition) is 2. The fourth-order valence-electron chi connectivity index (χ4n) is 2.97. The lowest BCUT2D eigenvalue weighted by molar-refractivity contribution is -0.134. The zero-order valence-corrected chi connectivity index (χ0v) is 14.9. The Morgan fingerprint density at radius 1 is 1.20 bits per heavy atom. The zero-order chi connectivity index (χ0) is 17.6. The van der Waals surface area contributed by atoms with Gasteiger partial charge in [-0.3, -0.25) is 9.59 Å². The largest absolute Gasteiger partial charge is 0.354 e. The van der Waals surface area contributed by atoms with Gasteiger partial charge in [-0.05, 0) is 29.0 Å². The molecule has 0 fully saturated rings. The van der Waals surface area contributed by atoms with E-state index >= 15 is 0 Å². The maximum Gasteiger partial charge on any atom is 0.223 e. The molecule has 3 rings (SSSR count). The van der Waals surface area contributed by atoms with Crippen LogP contribution in [0.25, 0.3) is 0 Å². The predicted molar refractivity (Wildman–Crippen MR) is 99.1 cm³/mol. The number of amides is 2. The highest BCUT2D eigenvalue weighted by molar-refractivity contribution is 7.10. The molecule has 2 heterocycles. The Balaban J connectivity index is 1.39. The van der Waals surface area contributed by atoms with E-state index in [1.165, 1.54) is 10.4 Å². The lowest BCUT2D eigenvalue weighted by atomic mass is 10.1. The molecule has 1 aromatic carbocycles. The second-order valence-corrected chi connectivity index (χ2v) is 7.26.